The first-order valence-electron chi connectivity index (χ1n) is 10.6. The summed E-state index contributed by atoms with van der Waals surface area (Å²) in [6.07, 6.45) is 0.542. The number of aryl methyl sites for hydroxylation is 1. The van der Waals surface area contributed by atoms with Crippen LogP contribution in [-0.4, -0.2) is 33.9 Å². The van der Waals surface area contributed by atoms with Crippen LogP contribution in [0, 0.1) is 0 Å². The summed E-state index contributed by atoms with van der Waals surface area (Å²) < 4.78 is 33.2. The first-order chi connectivity index (χ1) is 15.9. The molecule has 0 saturated carbocycles. The highest BCUT2D eigenvalue weighted by atomic mass is 16.5. The summed E-state index contributed by atoms with van der Waals surface area (Å²) in [6.45, 7) is 4.05. The molecule has 33 heavy (non-hydrogen) atoms. The standard InChI is InChI=1S/C25H28O8/c1-6-16-13-19(26)17-8-9-20(31-7-2)18(24(17)33-16)14-32-23(27)12-15-10-21(28-3)25(30-5)22(11-15)29-4/h8-11,13H,6-7,12,14H2,1-5H3. The fourth-order valence-corrected chi connectivity index (χ4v) is 3.51. The molecule has 0 N–H and O–H groups in total. The SMILES string of the molecule is CCOc1ccc2c(=O)cc(CC)oc2c1COC(=O)Cc1cc(OC)c(OC)c(OC)c1. The van der Waals surface area contributed by atoms with Crippen molar-refractivity contribution in [1.82, 2.24) is 0 Å². The van der Waals surface area contributed by atoms with Crippen molar-refractivity contribution >= 4 is 16.9 Å². The first kappa shape index (κ1) is 24.0. The molecule has 0 aliphatic rings. The van der Waals surface area contributed by atoms with Gasteiger partial charge in [-0.1, -0.05) is 6.92 Å². The Morgan fingerprint density at radius 2 is 1.64 bits per heavy atom. The summed E-state index contributed by atoms with van der Waals surface area (Å²) in [6, 6.07) is 8.21. The van der Waals surface area contributed by atoms with E-state index in [1.54, 1.807) is 24.3 Å². The maximum absolute atomic E-state index is 12.7. The summed E-state index contributed by atoms with van der Waals surface area (Å²) in [5.74, 6) is 1.91. The zero-order valence-electron chi connectivity index (χ0n) is 19.5. The zero-order valence-corrected chi connectivity index (χ0v) is 19.5. The highest BCUT2D eigenvalue weighted by Crippen LogP contribution is 2.38. The lowest BCUT2D eigenvalue weighted by Crippen LogP contribution is -2.11. The number of fused-ring (bicyclic) bond motifs is 1. The number of carbonyl (C=O) groups excluding carboxylic acids is 1. The number of hydrogen-bond donors (Lipinski definition) is 0. The minimum Gasteiger partial charge on any atom is -0.493 e. The molecule has 176 valence electrons. The largest absolute Gasteiger partial charge is 0.493 e. The number of methoxy groups -OCH3 is 3. The molecular weight excluding hydrogens is 428 g/mol. The third-order valence-electron chi connectivity index (χ3n) is 5.11. The van der Waals surface area contributed by atoms with Crippen LogP contribution < -0.4 is 24.4 Å². The number of esters is 1. The lowest BCUT2D eigenvalue weighted by atomic mass is 10.1. The zero-order chi connectivity index (χ0) is 24.0. The van der Waals surface area contributed by atoms with Crippen LogP contribution in [0.3, 0.4) is 0 Å². The van der Waals surface area contributed by atoms with Crippen LogP contribution in [0.1, 0.15) is 30.7 Å². The summed E-state index contributed by atoms with van der Waals surface area (Å²) in [5.41, 5.74) is 1.37. The molecule has 0 saturated heterocycles. The second-order valence-electron chi connectivity index (χ2n) is 7.15. The first-order valence-corrected chi connectivity index (χ1v) is 10.6. The van der Waals surface area contributed by atoms with Gasteiger partial charge in [-0.2, -0.15) is 0 Å². The Bertz CT molecular complexity index is 1170. The highest BCUT2D eigenvalue weighted by Gasteiger charge is 2.18. The number of benzene rings is 2. The van der Waals surface area contributed by atoms with Crippen molar-refractivity contribution in [2.24, 2.45) is 0 Å². The van der Waals surface area contributed by atoms with E-state index in [2.05, 4.69) is 0 Å². The predicted octanol–water partition coefficient (Wildman–Crippen LogP) is 4.07. The molecule has 0 amide bonds. The van der Waals surface area contributed by atoms with Crippen LogP contribution in [0.4, 0.5) is 0 Å². The van der Waals surface area contributed by atoms with E-state index >= 15 is 0 Å². The van der Waals surface area contributed by atoms with Crippen molar-refractivity contribution < 1.29 is 32.9 Å². The number of rotatable bonds is 10. The topological polar surface area (TPSA) is 93.4 Å². The van der Waals surface area contributed by atoms with Crippen molar-refractivity contribution in [2.45, 2.75) is 33.3 Å². The van der Waals surface area contributed by atoms with Gasteiger partial charge in [0.15, 0.2) is 16.9 Å². The molecule has 3 aromatic rings. The number of carbonyl (C=O) groups is 1. The highest BCUT2D eigenvalue weighted by molar-refractivity contribution is 5.82. The molecule has 0 radical (unpaired) electrons. The molecule has 2 aromatic carbocycles. The predicted molar refractivity (Wildman–Crippen MR) is 123 cm³/mol. The Morgan fingerprint density at radius 1 is 0.939 bits per heavy atom. The average molecular weight is 456 g/mol. The van der Waals surface area contributed by atoms with Crippen LogP contribution in [-0.2, 0) is 29.0 Å². The van der Waals surface area contributed by atoms with Gasteiger partial charge in [-0.3, -0.25) is 9.59 Å². The van der Waals surface area contributed by atoms with E-state index in [0.717, 1.165) is 0 Å². The lowest BCUT2D eigenvalue weighted by Gasteiger charge is -2.15. The summed E-state index contributed by atoms with van der Waals surface area (Å²) in [4.78, 5) is 25.2. The van der Waals surface area contributed by atoms with Crippen LogP contribution in [0.5, 0.6) is 23.0 Å². The van der Waals surface area contributed by atoms with Gasteiger partial charge >= 0.3 is 5.97 Å². The van der Waals surface area contributed by atoms with E-state index in [9.17, 15) is 9.59 Å². The van der Waals surface area contributed by atoms with Gasteiger partial charge in [0.2, 0.25) is 5.75 Å². The Balaban J connectivity index is 1.88. The smallest absolute Gasteiger partial charge is 0.310 e. The molecule has 1 heterocycles. The Kier molecular flexibility index (Phi) is 7.82. The Labute approximate surface area is 192 Å². The second-order valence-corrected chi connectivity index (χ2v) is 7.15. The van der Waals surface area contributed by atoms with Gasteiger partial charge in [-0.05, 0) is 36.8 Å². The van der Waals surface area contributed by atoms with Crippen LogP contribution in [0.15, 0.2) is 39.5 Å². The molecule has 0 aliphatic carbocycles. The summed E-state index contributed by atoms with van der Waals surface area (Å²) in [7, 11) is 4.53. The van der Waals surface area contributed by atoms with E-state index in [0.29, 0.717) is 63.9 Å². The molecule has 0 atom stereocenters. The van der Waals surface area contributed by atoms with Gasteiger partial charge < -0.3 is 28.1 Å². The summed E-state index contributed by atoms with van der Waals surface area (Å²) in [5, 5.41) is 0.409. The summed E-state index contributed by atoms with van der Waals surface area (Å²) >= 11 is 0. The molecule has 8 nitrogen and oxygen atoms in total. The van der Waals surface area contributed by atoms with Crippen LogP contribution >= 0.6 is 0 Å². The van der Waals surface area contributed by atoms with Gasteiger partial charge in [0.1, 0.15) is 23.7 Å². The quantitative estimate of drug-likeness (QED) is 0.422. The maximum atomic E-state index is 12.7. The Morgan fingerprint density at radius 3 is 2.21 bits per heavy atom. The van der Waals surface area contributed by atoms with E-state index in [1.165, 1.54) is 27.4 Å². The van der Waals surface area contributed by atoms with Gasteiger partial charge in [0.05, 0.1) is 45.3 Å². The second kappa shape index (κ2) is 10.8. The minimum atomic E-state index is -0.474. The van der Waals surface area contributed by atoms with E-state index in [4.69, 9.17) is 28.1 Å². The molecule has 3 rings (SSSR count). The third-order valence-corrected chi connectivity index (χ3v) is 5.11. The molecule has 0 unspecified atom stereocenters. The van der Waals surface area contributed by atoms with Crippen molar-refractivity contribution in [3.63, 3.8) is 0 Å². The molecule has 1 aromatic heterocycles. The van der Waals surface area contributed by atoms with Gasteiger partial charge in [0.25, 0.3) is 0 Å². The normalized spacial score (nSPS) is 10.7. The van der Waals surface area contributed by atoms with Crippen LogP contribution in [0.2, 0.25) is 0 Å². The van der Waals surface area contributed by atoms with Crippen LogP contribution in [0.25, 0.3) is 11.0 Å². The van der Waals surface area contributed by atoms with E-state index in [-0.39, 0.29) is 18.5 Å². The number of ether oxygens (including phenoxy) is 5. The lowest BCUT2D eigenvalue weighted by molar-refractivity contribution is -0.144. The van der Waals surface area contributed by atoms with Crippen molar-refractivity contribution in [3.8, 4) is 23.0 Å². The van der Waals surface area contributed by atoms with Crippen molar-refractivity contribution in [3.05, 3.63) is 57.4 Å². The van der Waals surface area contributed by atoms with Gasteiger partial charge in [0, 0.05) is 12.5 Å². The van der Waals surface area contributed by atoms with Gasteiger partial charge in [-0.25, -0.2) is 0 Å². The third kappa shape index (κ3) is 5.22. The number of hydrogen-bond acceptors (Lipinski definition) is 8. The fraction of sp³-hybridized carbons (Fsp3) is 0.360. The molecule has 0 aliphatic heterocycles. The van der Waals surface area contributed by atoms with E-state index < -0.39 is 5.97 Å². The average Bonchev–Trinajstić information content (AvgIpc) is 2.82. The fourth-order valence-electron chi connectivity index (χ4n) is 3.51. The molecular formula is C25H28O8. The van der Waals surface area contributed by atoms with E-state index in [1.807, 2.05) is 13.8 Å². The van der Waals surface area contributed by atoms with Crippen molar-refractivity contribution in [1.29, 1.82) is 0 Å². The van der Waals surface area contributed by atoms with Gasteiger partial charge in [-0.15, -0.1) is 0 Å². The van der Waals surface area contributed by atoms with Crippen molar-refractivity contribution in [2.75, 3.05) is 27.9 Å². The molecule has 8 heteroatoms. The minimum absolute atomic E-state index is 0.0182. The Hall–Kier alpha value is -3.68. The molecule has 0 fully saturated rings. The molecule has 0 bridgehead atoms. The maximum Gasteiger partial charge on any atom is 0.310 e. The monoisotopic (exact) mass is 456 g/mol. The molecule has 0 spiro atoms.